The van der Waals surface area contributed by atoms with Crippen LogP contribution in [0.4, 0.5) is 0 Å². The monoisotopic (exact) mass is 292 g/mol. The predicted molar refractivity (Wildman–Crippen MR) is 88.3 cm³/mol. The van der Waals surface area contributed by atoms with Gasteiger partial charge in [-0.05, 0) is 44.8 Å². The average molecular weight is 292 g/mol. The van der Waals surface area contributed by atoms with E-state index in [1.165, 1.54) is 31.2 Å². The number of nitrogens with one attached hydrogen (secondary N) is 1. The van der Waals surface area contributed by atoms with Gasteiger partial charge < -0.3 is 9.73 Å². The largest absolute Gasteiger partial charge is 0.465 e. The first-order valence-electron chi connectivity index (χ1n) is 8.63. The summed E-state index contributed by atoms with van der Waals surface area (Å²) >= 11 is 0. The van der Waals surface area contributed by atoms with Crippen molar-refractivity contribution < 1.29 is 4.42 Å². The second kappa shape index (κ2) is 8.00. The van der Waals surface area contributed by atoms with Gasteiger partial charge in [-0.2, -0.15) is 0 Å². The Morgan fingerprint density at radius 1 is 1.33 bits per heavy atom. The highest BCUT2D eigenvalue weighted by atomic mass is 16.3. The van der Waals surface area contributed by atoms with Gasteiger partial charge in [-0.3, -0.25) is 4.90 Å². The Morgan fingerprint density at radius 3 is 2.67 bits per heavy atom. The van der Waals surface area contributed by atoms with Crippen LogP contribution in [-0.4, -0.2) is 24.0 Å². The molecular formula is C18H32N2O. The molecule has 1 aliphatic carbocycles. The van der Waals surface area contributed by atoms with Crippen LogP contribution in [0.1, 0.15) is 63.5 Å². The van der Waals surface area contributed by atoms with Crippen molar-refractivity contribution >= 4 is 0 Å². The van der Waals surface area contributed by atoms with Crippen molar-refractivity contribution in [3.05, 3.63) is 23.2 Å². The molecule has 0 spiro atoms. The topological polar surface area (TPSA) is 28.4 Å². The minimum atomic E-state index is 0.689. The van der Waals surface area contributed by atoms with Crippen molar-refractivity contribution in [1.82, 2.24) is 10.2 Å². The van der Waals surface area contributed by atoms with Crippen molar-refractivity contribution in [2.45, 2.75) is 72.5 Å². The molecule has 1 heterocycles. The van der Waals surface area contributed by atoms with Crippen LogP contribution in [0.3, 0.4) is 0 Å². The lowest BCUT2D eigenvalue weighted by molar-refractivity contribution is 0.184. The van der Waals surface area contributed by atoms with E-state index in [1.807, 2.05) is 0 Å². The van der Waals surface area contributed by atoms with Gasteiger partial charge in [0.05, 0.1) is 6.54 Å². The van der Waals surface area contributed by atoms with Gasteiger partial charge in [0.15, 0.2) is 0 Å². The van der Waals surface area contributed by atoms with Crippen molar-refractivity contribution in [2.75, 3.05) is 13.1 Å². The molecule has 0 aromatic carbocycles. The quantitative estimate of drug-likeness (QED) is 0.782. The maximum atomic E-state index is 5.98. The molecule has 0 amide bonds. The zero-order valence-electron chi connectivity index (χ0n) is 14.2. The summed E-state index contributed by atoms with van der Waals surface area (Å²) in [6.07, 6.45) is 5.50. The molecule has 120 valence electrons. The highest BCUT2D eigenvalue weighted by Crippen LogP contribution is 2.25. The first-order valence-corrected chi connectivity index (χ1v) is 8.63. The van der Waals surface area contributed by atoms with E-state index >= 15 is 0 Å². The second-order valence-corrected chi connectivity index (χ2v) is 6.82. The molecule has 21 heavy (non-hydrogen) atoms. The van der Waals surface area contributed by atoms with E-state index in [1.54, 1.807) is 0 Å². The molecule has 0 bridgehead atoms. The van der Waals surface area contributed by atoms with Gasteiger partial charge in [-0.1, -0.05) is 33.6 Å². The predicted octanol–water partition coefficient (Wildman–Crippen LogP) is 4.10. The fourth-order valence-electron chi connectivity index (χ4n) is 3.31. The van der Waals surface area contributed by atoms with Crippen molar-refractivity contribution in [3.8, 4) is 0 Å². The standard InChI is InChI=1S/C18H32N2O/c1-5-20(17-8-6-7-9-17)13-18-10-16(15(4)21-18)12-19-11-14(2)3/h10,14,17,19H,5-9,11-13H2,1-4H3. The summed E-state index contributed by atoms with van der Waals surface area (Å²) < 4.78 is 5.98. The van der Waals surface area contributed by atoms with Crippen LogP contribution in [0, 0.1) is 12.8 Å². The number of hydrogen-bond acceptors (Lipinski definition) is 3. The van der Waals surface area contributed by atoms with Gasteiger partial charge >= 0.3 is 0 Å². The third-order valence-corrected chi connectivity index (χ3v) is 4.55. The fourth-order valence-corrected chi connectivity index (χ4v) is 3.31. The van der Waals surface area contributed by atoms with Crippen LogP contribution in [0.5, 0.6) is 0 Å². The summed E-state index contributed by atoms with van der Waals surface area (Å²) in [5, 5.41) is 3.50. The van der Waals surface area contributed by atoms with Crippen LogP contribution in [0.2, 0.25) is 0 Å². The molecule has 0 unspecified atom stereocenters. The molecule has 1 saturated carbocycles. The Bertz CT molecular complexity index is 419. The smallest absolute Gasteiger partial charge is 0.118 e. The van der Waals surface area contributed by atoms with E-state index in [0.717, 1.165) is 43.7 Å². The summed E-state index contributed by atoms with van der Waals surface area (Å²) in [6, 6.07) is 3.02. The lowest BCUT2D eigenvalue weighted by atomic mass is 10.2. The van der Waals surface area contributed by atoms with Gasteiger partial charge in [0.2, 0.25) is 0 Å². The Morgan fingerprint density at radius 2 is 2.05 bits per heavy atom. The molecule has 1 aliphatic rings. The Hall–Kier alpha value is -0.800. The van der Waals surface area contributed by atoms with E-state index in [-0.39, 0.29) is 0 Å². The second-order valence-electron chi connectivity index (χ2n) is 6.82. The van der Waals surface area contributed by atoms with Crippen molar-refractivity contribution in [2.24, 2.45) is 5.92 Å². The summed E-state index contributed by atoms with van der Waals surface area (Å²) in [5.41, 5.74) is 1.31. The van der Waals surface area contributed by atoms with Gasteiger partial charge in [0.1, 0.15) is 11.5 Å². The minimum absolute atomic E-state index is 0.689. The number of aryl methyl sites for hydroxylation is 1. The lowest BCUT2D eigenvalue weighted by Gasteiger charge is -2.26. The SMILES string of the molecule is CCN(Cc1cc(CNCC(C)C)c(C)o1)C1CCCC1. The summed E-state index contributed by atoms with van der Waals surface area (Å²) in [5.74, 6) is 2.89. The van der Waals surface area contributed by atoms with Gasteiger partial charge in [0.25, 0.3) is 0 Å². The van der Waals surface area contributed by atoms with E-state index in [4.69, 9.17) is 4.42 Å². The lowest BCUT2D eigenvalue weighted by Crippen LogP contribution is -2.32. The Labute approximate surface area is 130 Å². The van der Waals surface area contributed by atoms with Crippen LogP contribution in [-0.2, 0) is 13.1 Å². The zero-order chi connectivity index (χ0) is 15.2. The fraction of sp³-hybridized carbons (Fsp3) is 0.778. The summed E-state index contributed by atoms with van der Waals surface area (Å²) in [6.45, 7) is 12.9. The maximum absolute atomic E-state index is 5.98. The number of rotatable bonds is 8. The Balaban J connectivity index is 1.90. The van der Waals surface area contributed by atoms with Crippen molar-refractivity contribution in [3.63, 3.8) is 0 Å². The summed E-state index contributed by atoms with van der Waals surface area (Å²) in [7, 11) is 0. The van der Waals surface area contributed by atoms with Crippen molar-refractivity contribution in [1.29, 1.82) is 0 Å². The van der Waals surface area contributed by atoms with Gasteiger partial charge in [-0.25, -0.2) is 0 Å². The van der Waals surface area contributed by atoms with E-state index in [2.05, 4.69) is 44.0 Å². The van der Waals surface area contributed by atoms with E-state index < -0.39 is 0 Å². The van der Waals surface area contributed by atoms with Gasteiger partial charge in [-0.15, -0.1) is 0 Å². The molecule has 1 fully saturated rings. The van der Waals surface area contributed by atoms with E-state index in [0.29, 0.717) is 5.92 Å². The molecule has 1 aromatic rings. The molecule has 3 heteroatoms. The normalized spacial score (nSPS) is 16.5. The zero-order valence-corrected chi connectivity index (χ0v) is 14.2. The van der Waals surface area contributed by atoms with E-state index in [9.17, 15) is 0 Å². The van der Waals surface area contributed by atoms with Crippen LogP contribution < -0.4 is 5.32 Å². The molecule has 1 N–H and O–H groups in total. The first-order chi connectivity index (χ1) is 10.1. The molecular weight excluding hydrogens is 260 g/mol. The van der Waals surface area contributed by atoms with Crippen LogP contribution in [0.25, 0.3) is 0 Å². The molecule has 0 saturated heterocycles. The third-order valence-electron chi connectivity index (χ3n) is 4.55. The summed E-state index contributed by atoms with van der Waals surface area (Å²) in [4.78, 5) is 2.58. The first kappa shape index (κ1) is 16.6. The number of furan rings is 1. The van der Waals surface area contributed by atoms with Gasteiger partial charge in [0, 0.05) is 18.2 Å². The number of nitrogens with zero attached hydrogens (tertiary/aromatic N) is 1. The third kappa shape index (κ3) is 4.86. The maximum Gasteiger partial charge on any atom is 0.118 e. The minimum Gasteiger partial charge on any atom is -0.465 e. The molecule has 1 aromatic heterocycles. The molecule has 0 aliphatic heterocycles. The molecule has 0 atom stereocenters. The number of hydrogen-bond donors (Lipinski definition) is 1. The average Bonchev–Trinajstić information content (AvgIpc) is 3.06. The van der Waals surface area contributed by atoms with Crippen LogP contribution >= 0.6 is 0 Å². The highest BCUT2D eigenvalue weighted by molar-refractivity contribution is 5.20. The molecule has 0 radical (unpaired) electrons. The molecule has 3 nitrogen and oxygen atoms in total. The highest BCUT2D eigenvalue weighted by Gasteiger charge is 2.22. The van der Waals surface area contributed by atoms with Crippen LogP contribution in [0.15, 0.2) is 10.5 Å². The molecule has 2 rings (SSSR count). The Kier molecular flexibility index (Phi) is 6.31.